The fraction of sp³-hybridized carbons (Fsp3) is 0.250. The second-order valence-electron chi connectivity index (χ2n) is 4.89. The molecule has 0 nitrogen and oxygen atoms in total. The van der Waals surface area contributed by atoms with E-state index in [1.165, 1.54) is 5.56 Å². The predicted octanol–water partition coefficient (Wildman–Crippen LogP) is 4.12. The van der Waals surface area contributed by atoms with Crippen LogP contribution in [0.15, 0.2) is 48.5 Å². The summed E-state index contributed by atoms with van der Waals surface area (Å²) in [6.07, 6.45) is 1.62. The lowest BCUT2D eigenvalue weighted by molar-refractivity contribution is -0.00384. The molecule has 2 heteroatoms. The topological polar surface area (TPSA) is 0 Å². The molecule has 6 rings (SSSR count). The van der Waals surface area contributed by atoms with Crippen LogP contribution < -0.4 is 0 Å². The highest BCUT2D eigenvalue weighted by Crippen LogP contribution is 2.32. The van der Waals surface area contributed by atoms with Crippen LogP contribution in [-0.4, -0.2) is 0 Å². The molecule has 2 aromatic carbocycles. The molecule has 0 unspecified atom stereocenters. The largest absolute Gasteiger partial charge is 0.277 e. The van der Waals surface area contributed by atoms with Gasteiger partial charge in [-0.05, 0) is 29.5 Å². The van der Waals surface area contributed by atoms with Gasteiger partial charge < -0.3 is 0 Å². The average molecular weight is 244 g/mol. The van der Waals surface area contributed by atoms with E-state index in [2.05, 4.69) is 0 Å². The Morgan fingerprint density at radius 1 is 0.667 bits per heavy atom. The molecule has 0 fully saturated rings. The molecular weight excluding hydrogens is 230 g/mol. The predicted molar refractivity (Wildman–Crippen MR) is 67.9 cm³/mol. The number of rotatable bonds is 0. The van der Waals surface area contributed by atoms with E-state index in [0.29, 0.717) is 5.56 Å². The molecule has 0 atom stereocenters. The van der Waals surface area contributed by atoms with Crippen LogP contribution in [0.4, 0.5) is 8.78 Å². The summed E-state index contributed by atoms with van der Waals surface area (Å²) in [7, 11) is 0. The average Bonchev–Trinajstić information content (AvgIpc) is 2.36. The first-order chi connectivity index (χ1) is 8.63. The molecule has 0 aliphatic heterocycles. The number of alkyl halides is 2. The quantitative estimate of drug-likeness (QED) is 0.654. The van der Waals surface area contributed by atoms with Crippen molar-refractivity contribution in [2.75, 3.05) is 0 Å². The molecule has 4 aliphatic rings. The minimum absolute atomic E-state index is 0.107. The Morgan fingerprint density at radius 3 is 1.67 bits per heavy atom. The fourth-order valence-corrected chi connectivity index (χ4v) is 2.39. The molecule has 0 N–H and O–H groups in total. The fourth-order valence-electron chi connectivity index (χ4n) is 2.39. The summed E-state index contributed by atoms with van der Waals surface area (Å²) in [5.74, 6) is -2.79. The molecule has 0 radical (unpaired) electrons. The van der Waals surface area contributed by atoms with Gasteiger partial charge in [0, 0.05) is 12.0 Å². The van der Waals surface area contributed by atoms with Crippen LogP contribution in [0.5, 0.6) is 0 Å². The molecule has 0 saturated heterocycles. The summed E-state index contributed by atoms with van der Waals surface area (Å²) in [4.78, 5) is 0. The van der Waals surface area contributed by atoms with Crippen molar-refractivity contribution in [1.29, 1.82) is 0 Å². The molecule has 0 spiro atoms. The first-order valence-electron chi connectivity index (χ1n) is 6.18. The van der Waals surface area contributed by atoms with Crippen LogP contribution in [0.25, 0.3) is 0 Å². The van der Waals surface area contributed by atoms with Gasteiger partial charge in [0.1, 0.15) is 0 Å². The first-order valence-corrected chi connectivity index (χ1v) is 6.18. The second-order valence-corrected chi connectivity index (χ2v) is 4.89. The van der Waals surface area contributed by atoms with Crippen molar-refractivity contribution in [3.63, 3.8) is 0 Å². The van der Waals surface area contributed by atoms with Gasteiger partial charge in [0.2, 0.25) is 0 Å². The Kier molecular flexibility index (Phi) is 2.66. The molecular formula is C16H14F2. The van der Waals surface area contributed by atoms with Crippen LogP contribution in [0.3, 0.4) is 0 Å². The van der Waals surface area contributed by atoms with E-state index in [1.54, 1.807) is 12.1 Å². The third-order valence-corrected chi connectivity index (χ3v) is 3.53. The van der Waals surface area contributed by atoms with Crippen molar-refractivity contribution < 1.29 is 8.78 Å². The molecule has 4 bridgehead atoms. The molecule has 0 amide bonds. The van der Waals surface area contributed by atoms with E-state index < -0.39 is 5.92 Å². The number of halogens is 2. The van der Waals surface area contributed by atoms with Gasteiger partial charge in [0.15, 0.2) is 0 Å². The standard InChI is InChI=1S/C16H14F2/c17-16(18)11-14-5-3-12(4-6-14)1-2-13-7-9-15(16)10-8-13/h3-10H,1-2,11H2. The van der Waals surface area contributed by atoms with Crippen molar-refractivity contribution in [1.82, 2.24) is 0 Å². The molecule has 2 aromatic rings. The minimum Gasteiger partial charge on any atom is -0.201 e. The molecule has 92 valence electrons. The van der Waals surface area contributed by atoms with Crippen molar-refractivity contribution in [3.8, 4) is 0 Å². The van der Waals surface area contributed by atoms with E-state index >= 15 is 0 Å². The Hall–Kier alpha value is -1.70. The van der Waals surface area contributed by atoms with E-state index in [0.717, 1.165) is 18.4 Å². The van der Waals surface area contributed by atoms with Crippen LogP contribution in [0, 0.1) is 0 Å². The summed E-state index contributed by atoms with van der Waals surface area (Å²) in [5, 5.41) is 0. The maximum Gasteiger partial charge on any atom is 0.277 e. The van der Waals surface area contributed by atoms with Crippen molar-refractivity contribution in [3.05, 3.63) is 70.8 Å². The summed E-state index contributed by atoms with van der Waals surface area (Å²) in [5.41, 5.74) is 3.11. The van der Waals surface area contributed by atoms with Gasteiger partial charge in [0.25, 0.3) is 5.92 Å². The lowest BCUT2D eigenvalue weighted by Gasteiger charge is -2.18. The maximum absolute atomic E-state index is 14.1. The summed E-state index contributed by atoms with van der Waals surface area (Å²) < 4.78 is 28.2. The van der Waals surface area contributed by atoms with Gasteiger partial charge in [0.05, 0.1) is 0 Å². The Morgan fingerprint density at radius 2 is 1.11 bits per heavy atom. The minimum atomic E-state index is -2.79. The molecule has 0 heterocycles. The number of hydrogen-bond donors (Lipinski definition) is 0. The number of aryl methyl sites for hydroxylation is 2. The van der Waals surface area contributed by atoms with Gasteiger partial charge in [-0.15, -0.1) is 0 Å². The maximum atomic E-state index is 14.1. The Balaban J connectivity index is 2.08. The zero-order chi connectivity index (χ0) is 12.6. The SMILES string of the molecule is FC1(F)Cc2ccc(cc2)CCc2ccc1cc2. The zero-order valence-electron chi connectivity index (χ0n) is 10.00. The number of hydrogen-bond acceptors (Lipinski definition) is 0. The van der Waals surface area contributed by atoms with E-state index in [9.17, 15) is 8.78 Å². The third kappa shape index (κ3) is 2.15. The van der Waals surface area contributed by atoms with E-state index in [4.69, 9.17) is 0 Å². The third-order valence-electron chi connectivity index (χ3n) is 3.53. The summed E-state index contributed by atoms with van der Waals surface area (Å²) >= 11 is 0. The Bertz CT molecular complexity index is 538. The van der Waals surface area contributed by atoms with Gasteiger partial charge in [-0.25, -0.2) is 8.78 Å². The smallest absolute Gasteiger partial charge is 0.201 e. The van der Waals surface area contributed by atoms with Crippen molar-refractivity contribution >= 4 is 0 Å². The van der Waals surface area contributed by atoms with Gasteiger partial charge in [-0.3, -0.25) is 0 Å². The second kappa shape index (κ2) is 4.20. The van der Waals surface area contributed by atoms with Crippen molar-refractivity contribution in [2.45, 2.75) is 25.2 Å². The van der Waals surface area contributed by atoms with Crippen LogP contribution >= 0.6 is 0 Å². The lowest BCUT2D eigenvalue weighted by atomic mass is 9.95. The monoisotopic (exact) mass is 244 g/mol. The summed E-state index contributed by atoms with van der Waals surface area (Å²) in [6.45, 7) is 0. The van der Waals surface area contributed by atoms with Crippen LogP contribution in [-0.2, 0) is 25.2 Å². The molecule has 0 saturated carbocycles. The van der Waals surface area contributed by atoms with Gasteiger partial charge >= 0.3 is 0 Å². The van der Waals surface area contributed by atoms with Gasteiger partial charge in [-0.1, -0.05) is 48.5 Å². The lowest BCUT2D eigenvalue weighted by Crippen LogP contribution is -2.17. The van der Waals surface area contributed by atoms with E-state index in [1.807, 2.05) is 36.4 Å². The highest BCUT2D eigenvalue weighted by atomic mass is 19.3. The normalized spacial score (nSPS) is 17.2. The van der Waals surface area contributed by atoms with Crippen molar-refractivity contribution in [2.24, 2.45) is 0 Å². The zero-order valence-corrected chi connectivity index (χ0v) is 10.00. The number of benzene rings is 2. The molecule has 4 aliphatic carbocycles. The van der Waals surface area contributed by atoms with Crippen LogP contribution in [0.1, 0.15) is 22.3 Å². The highest BCUT2D eigenvalue weighted by molar-refractivity contribution is 5.31. The van der Waals surface area contributed by atoms with Crippen LogP contribution in [0.2, 0.25) is 0 Å². The van der Waals surface area contributed by atoms with E-state index in [-0.39, 0.29) is 12.0 Å². The first kappa shape index (κ1) is 11.4. The molecule has 18 heavy (non-hydrogen) atoms. The van der Waals surface area contributed by atoms with Gasteiger partial charge in [-0.2, -0.15) is 0 Å². The highest BCUT2D eigenvalue weighted by Gasteiger charge is 2.31. The summed E-state index contributed by atoms with van der Waals surface area (Å²) in [6, 6.07) is 14.3. The molecule has 0 aromatic heterocycles. The Labute approximate surface area is 105 Å².